The van der Waals surface area contributed by atoms with E-state index >= 15 is 0 Å². The van der Waals surface area contributed by atoms with Crippen molar-refractivity contribution in [2.75, 3.05) is 6.54 Å². The van der Waals surface area contributed by atoms with Gasteiger partial charge in [0.1, 0.15) is 6.04 Å². The van der Waals surface area contributed by atoms with Crippen LogP contribution >= 0.6 is 0 Å². The molecule has 1 atom stereocenters. The fraction of sp³-hybridized carbons (Fsp3) is 0.667. The van der Waals surface area contributed by atoms with Gasteiger partial charge in [-0.2, -0.15) is 0 Å². The first-order chi connectivity index (χ1) is 6.95. The van der Waals surface area contributed by atoms with Crippen LogP contribution in [0.2, 0.25) is 0 Å². The number of carbonyl (C=O) groups is 2. The van der Waals surface area contributed by atoms with Crippen LogP contribution in [0.5, 0.6) is 0 Å². The zero-order valence-corrected chi connectivity index (χ0v) is 7.92. The van der Waals surface area contributed by atoms with Crippen LogP contribution in [0.3, 0.4) is 0 Å². The predicted molar refractivity (Wildman–Crippen MR) is 50.0 cm³/mol. The van der Waals surface area contributed by atoms with Gasteiger partial charge in [-0.15, -0.1) is 4.91 Å². The molecule has 0 fully saturated rings. The van der Waals surface area contributed by atoms with E-state index in [-0.39, 0.29) is 0 Å². The highest BCUT2D eigenvalue weighted by Crippen LogP contribution is 1.92. The number of rotatable bonds is 5. The second-order valence-electron chi connectivity index (χ2n) is 2.46. The largest absolute Gasteiger partial charge is 0.480 e. The number of carboxylic acid groups (broad SMARTS) is 1. The van der Waals surface area contributed by atoms with Gasteiger partial charge in [-0.05, 0) is 12.8 Å². The van der Waals surface area contributed by atoms with E-state index in [4.69, 9.17) is 26.7 Å². The molecule has 88 valence electrons. The lowest BCUT2D eigenvalue weighted by molar-refractivity contribution is -0.138. The second kappa shape index (κ2) is 10.2. The summed E-state index contributed by atoms with van der Waals surface area (Å²) in [6, 6.07) is -1.47. The lowest BCUT2D eigenvalue weighted by Gasteiger charge is -2.05. The number of amides is 2. The molecular weight excluding hydrogens is 208 g/mol. The van der Waals surface area contributed by atoms with Crippen molar-refractivity contribution in [1.82, 2.24) is 5.32 Å². The number of nitrogens with two attached hydrogens (primary N) is 2. The molecule has 0 aliphatic carbocycles. The molecule has 0 unspecified atom stereocenters. The maximum absolute atomic E-state index is 10.2. The lowest BCUT2D eigenvalue weighted by atomic mass is 10.2. The van der Waals surface area contributed by atoms with Gasteiger partial charge in [-0.3, -0.25) is 4.79 Å². The molecule has 0 radical (unpaired) electrons. The van der Waals surface area contributed by atoms with Crippen molar-refractivity contribution in [1.29, 1.82) is 0 Å². The Kier molecular flexibility index (Phi) is 10.6. The van der Waals surface area contributed by atoms with E-state index in [0.717, 1.165) is 0 Å². The number of nitrogens with zero attached hydrogens (tertiary/aromatic N) is 1. The van der Waals surface area contributed by atoms with Crippen molar-refractivity contribution in [3.8, 4) is 0 Å². The molecule has 0 spiro atoms. The number of aliphatic carboxylic acids is 1. The molecule has 0 saturated heterocycles. The van der Waals surface area contributed by atoms with Gasteiger partial charge in [0.05, 0.1) is 0 Å². The first kappa shape index (κ1) is 15.6. The molecule has 9 heteroatoms. The molecule has 0 aliphatic rings. The highest BCUT2D eigenvalue weighted by molar-refractivity contribution is 5.73. The average molecular weight is 222 g/mol. The molecule has 0 bridgehead atoms. The van der Waals surface area contributed by atoms with E-state index in [9.17, 15) is 9.59 Å². The van der Waals surface area contributed by atoms with Crippen molar-refractivity contribution >= 4 is 12.0 Å². The van der Waals surface area contributed by atoms with Crippen molar-refractivity contribution in [3.05, 3.63) is 4.91 Å². The number of carboxylic acids is 1. The van der Waals surface area contributed by atoms with Crippen LogP contribution in [-0.4, -0.2) is 34.9 Å². The summed E-state index contributed by atoms with van der Waals surface area (Å²) in [5.74, 6) is -1.03. The minimum Gasteiger partial charge on any atom is -0.480 e. The van der Waals surface area contributed by atoms with Gasteiger partial charge < -0.3 is 27.1 Å². The molecule has 0 saturated carbocycles. The van der Waals surface area contributed by atoms with Gasteiger partial charge in [0, 0.05) is 6.54 Å². The predicted octanol–water partition coefficient (Wildman–Crippen LogP) is -1.01. The SMILES string of the molecule is NC(=O)NCCC[C@H](N)C(=O)O.O=NO. The number of nitrogens with one attached hydrogen (secondary N) is 1. The Bertz CT molecular complexity index is 210. The first-order valence-corrected chi connectivity index (χ1v) is 3.94. The minimum atomic E-state index is -1.03. The molecule has 0 aromatic heterocycles. The monoisotopic (exact) mass is 222 g/mol. The molecule has 0 aromatic rings. The summed E-state index contributed by atoms with van der Waals surface area (Å²) < 4.78 is 0. The van der Waals surface area contributed by atoms with Crippen molar-refractivity contribution < 1.29 is 19.9 Å². The molecule has 0 aromatic carbocycles. The Hall–Kier alpha value is -1.90. The van der Waals surface area contributed by atoms with Crippen molar-refractivity contribution in [2.24, 2.45) is 16.8 Å². The fourth-order valence-corrected chi connectivity index (χ4v) is 0.657. The van der Waals surface area contributed by atoms with Crippen LogP contribution in [0.4, 0.5) is 4.79 Å². The lowest BCUT2D eigenvalue weighted by Crippen LogP contribution is -2.33. The fourth-order valence-electron chi connectivity index (χ4n) is 0.657. The van der Waals surface area contributed by atoms with E-state index in [1.54, 1.807) is 0 Å². The molecule has 0 rings (SSSR count). The van der Waals surface area contributed by atoms with Gasteiger partial charge in [-0.1, -0.05) is 0 Å². The smallest absolute Gasteiger partial charge is 0.320 e. The Labute approximate surface area is 85.4 Å². The van der Waals surface area contributed by atoms with E-state index in [0.29, 0.717) is 19.4 Å². The average Bonchev–Trinajstić information content (AvgIpc) is 2.12. The first-order valence-electron chi connectivity index (χ1n) is 3.94. The third-order valence-corrected chi connectivity index (χ3v) is 1.31. The Morgan fingerprint density at radius 2 is 1.93 bits per heavy atom. The number of urea groups is 1. The van der Waals surface area contributed by atoms with E-state index in [1.165, 1.54) is 5.34 Å². The molecule has 15 heavy (non-hydrogen) atoms. The summed E-state index contributed by atoms with van der Waals surface area (Å²) in [5, 5.41) is 18.6. The maximum Gasteiger partial charge on any atom is 0.320 e. The van der Waals surface area contributed by atoms with E-state index in [2.05, 4.69) is 5.32 Å². The van der Waals surface area contributed by atoms with Crippen LogP contribution < -0.4 is 16.8 Å². The normalized spacial score (nSPS) is 10.5. The number of primary amides is 1. The zero-order valence-electron chi connectivity index (χ0n) is 7.92. The molecule has 9 nitrogen and oxygen atoms in total. The van der Waals surface area contributed by atoms with Crippen molar-refractivity contribution in [3.63, 3.8) is 0 Å². The summed E-state index contributed by atoms with van der Waals surface area (Å²) in [6.07, 6.45) is 0.839. The minimum absolute atomic E-state index is 0.329. The molecule has 7 N–H and O–H groups in total. The van der Waals surface area contributed by atoms with Crippen LogP contribution in [0.1, 0.15) is 12.8 Å². The van der Waals surface area contributed by atoms with Gasteiger partial charge >= 0.3 is 12.0 Å². The molecule has 2 amide bonds. The Balaban J connectivity index is 0. The summed E-state index contributed by atoms with van der Waals surface area (Å²) in [5.41, 5.74) is 9.96. The molecule has 0 aliphatic heterocycles. The topological polar surface area (TPSA) is 168 Å². The summed E-state index contributed by atoms with van der Waals surface area (Å²) in [6.45, 7) is 0.357. The molecular formula is C6H14N4O5. The third kappa shape index (κ3) is 14.9. The Morgan fingerprint density at radius 3 is 2.27 bits per heavy atom. The molecule has 0 heterocycles. The van der Waals surface area contributed by atoms with Gasteiger partial charge in [0.25, 0.3) is 0 Å². The van der Waals surface area contributed by atoms with Crippen LogP contribution in [-0.2, 0) is 4.79 Å². The van der Waals surface area contributed by atoms with Gasteiger partial charge in [-0.25, -0.2) is 4.79 Å². The van der Waals surface area contributed by atoms with Crippen molar-refractivity contribution in [2.45, 2.75) is 18.9 Å². The van der Waals surface area contributed by atoms with Gasteiger partial charge in [0.15, 0.2) is 5.34 Å². The van der Waals surface area contributed by atoms with Crippen LogP contribution in [0.15, 0.2) is 5.34 Å². The Morgan fingerprint density at radius 1 is 1.47 bits per heavy atom. The highest BCUT2D eigenvalue weighted by Gasteiger charge is 2.09. The number of hydrogen-bond acceptors (Lipinski definition) is 5. The van der Waals surface area contributed by atoms with E-state index in [1.807, 2.05) is 0 Å². The summed E-state index contributed by atoms with van der Waals surface area (Å²) in [7, 11) is 0. The second-order valence-corrected chi connectivity index (χ2v) is 2.46. The van der Waals surface area contributed by atoms with Gasteiger partial charge in [0.2, 0.25) is 0 Å². The third-order valence-electron chi connectivity index (χ3n) is 1.31. The quantitative estimate of drug-likeness (QED) is 0.227. The summed E-state index contributed by atoms with van der Waals surface area (Å²) in [4.78, 5) is 28.4. The van der Waals surface area contributed by atoms with E-state index < -0.39 is 18.0 Å². The highest BCUT2D eigenvalue weighted by atomic mass is 16.6. The summed E-state index contributed by atoms with van der Waals surface area (Å²) >= 11 is 0. The maximum atomic E-state index is 10.2. The zero-order chi connectivity index (χ0) is 12.3. The van der Waals surface area contributed by atoms with Crippen LogP contribution in [0, 0.1) is 4.91 Å². The number of hydrogen-bond donors (Lipinski definition) is 5. The standard InChI is InChI=1S/C6H13N3O3.HNO2/c7-4(5(10)11)2-1-3-9-6(8)12;2-1-3/h4H,1-3,7H2,(H,10,11)(H3,8,9,12);(H,2,3)/t4-;/m0./s1. The van der Waals surface area contributed by atoms with Crippen LogP contribution in [0.25, 0.3) is 0 Å². The number of carbonyl (C=O) groups excluding carboxylic acids is 1.